The molecule has 1 aliphatic rings. The molecule has 0 saturated carbocycles. The van der Waals surface area contributed by atoms with E-state index < -0.39 is 0 Å². The number of amides is 1. The van der Waals surface area contributed by atoms with Crippen molar-refractivity contribution in [3.05, 3.63) is 24.3 Å². The van der Waals surface area contributed by atoms with Crippen LogP contribution in [0.3, 0.4) is 0 Å². The number of rotatable bonds is 7. The molecule has 0 N–H and O–H groups in total. The molecule has 0 radical (unpaired) electrons. The number of methoxy groups -OCH3 is 1. The van der Waals surface area contributed by atoms with Crippen LogP contribution in [0.2, 0.25) is 0 Å². The van der Waals surface area contributed by atoms with Gasteiger partial charge in [0.1, 0.15) is 11.5 Å². The molecule has 0 aliphatic carbocycles. The molecule has 0 spiro atoms. The van der Waals surface area contributed by atoms with Crippen molar-refractivity contribution in [2.45, 2.75) is 13.3 Å². The van der Waals surface area contributed by atoms with Crippen molar-refractivity contribution in [3.63, 3.8) is 0 Å². The van der Waals surface area contributed by atoms with E-state index in [-0.39, 0.29) is 6.09 Å². The molecule has 0 unspecified atom stereocenters. The van der Waals surface area contributed by atoms with Crippen LogP contribution >= 0.6 is 0 Å². The van der Waals surface area contributed by atoms with E-state index in [0.29, 0.717) is 13.2 Å². The van der Waals surface area contributed by atoms with E-state index in [0.717, 1.165) is 50.6 Å². The average molecular weight is 322 g/mol. The van der Waals surface area contributed by atoms with Gasteiger partial charge in [0.25, 0.3) is 0 Å². The molecule has 2 rings (SSSR count). The number of carbonyl (C=O) groups excluding carboxylic acids is 1. The van der Waals surface area contributed by atoms with Crippen LogP contribution in [0.25, 0.3) is 0 Å². The lowest BCUT2D eigenvalue weighted by Gasteiger charge is -2.33. The minimum Gasteiger partial charge on any atom is -0.497 e. The Morgan fingerprint density at radius 3 is 2.35 bits per heavy atom. The van der Waals surface area contributed by atoms with Gasteiger partial charge < -0.3 is 19.1 Å². The smallest absolute Gasteiger partial charge is 0.409 e. The number of nitrogens with zero attached hydrogens (tertiary/aromatic N) is 2. The van der Waals surface area contributed by atoms with Crippen LogP contribution in [0.15, 0.2) is 24.3 Å². The highest BCUT2D eigenvalue weighted by Crippen LogP contribution is 2.17. The van der Waals surface area contributed by atoms with Gasteiger partial charge in [0.05, 0.1) is 20.3 Å². The first-order valence-electron chi connectivity index (χ1n) is 8.14. The molecule has 128 valence electrons. The van der Waals surface area contributed by atoms with Crippen LogP contribution in [-0.4, -0.2) is 68.9 Å². The fraction of sp³-hybridized carbons (Fsp3) is 0.588. The van der Waals surface area contributed by atoms with Crippen molar-refractivity contribution < 1.29 is 19.0 Å². The second-order valence-corrected chi connectivity index (χ2v) is 5.41. The first kappa shape index (κ1) is 17.4. The number of piperazine rings is 1. The zero-order valence-electron chi connectivity index (χ0n) is 14.0. The summed E-state index contributed by atoms with van der Waals surface area (Å²) < 4.78 is 15.9. The Bertz CT molecular complexity index is 470. The third-order valence-corrected chi connectivity index (χ3v) is 3.85. The Morgan fingerprint density at radius 1 is 1.09 bits per heavy atom. The van der Waals surface area contributed by atoms with Crippen LogP contribution < -0.4 is 9.47 Å². The molecule has 1 aromatic rings. The Morgan fingerprint density at radius 2 is 1.74 bits per heavy atom. The van der Waals surface area contributed by atoms with E-state index in [1.54, 1.807) is 12.0 Å². The minimum absolute atomic E-state index is 0.199. The predicted octanol–water partition coefficient (Wildman–Crippen LogP) is 2.24. The first-order valence-corrected chi connectivity index (χ1v) is 8.14. The predicted molar refractivity (Wildman–Crippen MR) is 88.1 cm³/mol. The second kappa shape index (κ2) is 9.25. The summed E-state index contributed by atoms with van der Waals surface area (Å²) in [6.07, 6.45) is 0.765. The molecule has 0 aromatic heterocycles. The summed E-state index contributed by atoms with van der Waals surface area (Å²) in [5, 5.41) is 0. The zero-order chi connectivity index (χ0) is 16.5. The lowest BCUT2D eigenvalue weighted by molar-refractivity contribution is 0.0782. The Kier molecular flexibility index (Phi) is 7.00. The molecule has 0 bridgehead atoms. The molecule has 1 amide bonds. The maximum atomic E-state index is 11.6. The van der Waals surface area contributed by atoms with Crippen molar-refractivity contribution >= 4 is 6.09 Å². The van der Waals surface area contributed by atoms with Gasteiger partial charge in [-0.1, -0.05) is 0 Å². The van der Waals surface area contributed by atoms with Crippen LogP contribution in [0, 0.1) is 0 Å². The van der Waals surface area contributed by atoms with Gasteiger partial charge in [-0.15, -0.1) is 0 Å². The summed E-state index contributed by atoms with van der Waals surface area (Å²) in [4.78, 5) is 15.7. The third kappa shape index (κ3) is 5.63. The van der Waals surface area contributed by atoms with Crippen LogP contribution in [0.4, 0.5) is 4.79 Å². The van der Waals surface area contributed by atoms with Crippen LogP contribution in [0.1, 0.15) is 13.3 Å². The number of carbonyl (C=O) groups is 1. The van der Waals surface area contributed by atoms with Crippen molar-refractivity contribution in [1.82, 2.24) is 9.80 Å². The fourth-order valence-corrected chi connectivity index (χ4v) is 2.52. The Labute approximate surface area is 137 Å². The van der Waals surface area contributed by atoms with Crippen molar-refractivity contribution in [2.24, 2.45) is 0 Å². The minimum atomic E-state index is -0.199. The van der Waals surface area contributed by atoms with E-state index >= 15 is 0 Å². The lowest BCUT2D eigenvalue weighted by atomic mass is 10.3. The summed E-state index contributed by atoms with van der Waals surface area (Å²) >= 11 is 0. The van der Waals surface area contributed by atoms with Crippen molar-refractivity contribution in [3.8, 4) is 11.5 Å². The standard InChI is InChI=1S/C17H26N2O4/c1-3-22-17(20)19-12-10-18(11-13-19)9-4-14-23-16-7-5-15(21-2)6-8-16/h5-8H,3-4,9-14H2,1-2H3. The first-order chi connectivity index (χ1) is 11.2. The van der Waals surface area contributed by atoms with E-state index in [1.165, 1.54) is 0 Å². The van der Waals surface area contributed by atoms with Crippen molar-refractivity contribution in [1.29, 1.82) is 0 Å². The number of benzene rings is 1. The maximum Gasteiger partial charge on any atom is 0.409 e. The quantitative estimate of drug-likeness (QED) is 0.721. The molecule has 23 heavy (non-hydrogen) atoms. The highest BCUT2D eigenvalue weighted by atomic mass is 16.6. The van der Waals surface area contributed by atoms with Crippen LogP contribution in [0.5, 0.6) is 11.5 Å². The molecule has 1 aromatic carbocycles. The molecule has 1 fully saturated rings. The molecular weight excluding hydrogens is 296 g/mol. The molecule has 6 nitrogen and oxygen atoms in total. The SMILES string of the molecule is CCOC(=O)N1CCN(CCCOc2ccc(OC)cc2)CC1. The van der Waals surface area contributed by atoms with Gasteiger partial charge in [-0.2, -0.15) is 0 Å². The van der Waals surface area contributed by atoms with Gasteiger partial charge in [-0.05, 0) is 37.6 Å². The highest BCUT2D eigenvalue weighted by Gasteiger charge is 2.21. The van der Waals surface area contributed by atoms with Gasteiger partial charge in [0.2, 0.25) is 0 Å². The number of ether oxygens (including phenoxy) is 3. The molecule has 1 heterocycles. The van der Waals surface area contributed by atoms with Gasteiger partial charge in [0.15, 0.2) is 0 Å². The fourth-order valence-electron chi connectivity index (χ4n) is 2.52. The zero-order valence-corrected chi connectivity index (χ0v) is 14.0. The summed E-state index contributed by atoms with van der Waals surface area (Å²) in [6, 6.07) is 7.61. The normalized spacial score (nSPS) is 15.3. The molecular formula is C17H26N2O4. The van der Waals surface area contributed by atoms with E-state index in [4.69, 9.17) is 14.2 Å². The monoisotopic (exact) mass is 322 g/mol. The summed E-state index contributed by atoms with van der Waals surface area (Å²) in [6.45, 7) is 7.18. The highest BCUT2D eigenvalue weighted by molar-refractivity contribution is 5.67. The molecule has 0 atom stereocenters. The number of hydrogen-bond acceptors (Lipinski definition) is 5. The van der Waals surface area contributed by atoms with Crippen LogP contribution in [-0.2, 0) is 4.74 Å². The summed E-state index contributed by atoms with van der Waals surface area (Å²) in [5.41, 5.74) is 0. The average Bonchev–Trinajstić information content (AvgIpc) is 2.60. The Hall–Kier alpha value is -1.95. The summed E-state index contributed by atoms with van der Waals surface area (Å²) in [7, 11) is 1.65. The summed E-state index contributed by atoms with van der Waals surface area (Å²) in [5.74, 6) is 1.69. The molecule has 1 aliphatic heterocycles. The Balaban J connectivity index is 1.59. The topological polar surface area (TPSA) is 51.2 Å². The lowest BCUT2D eigenvalue weighted by Crippen LogP contribution is -2.49. The molecule has 1 saturated heterocycles. The van der Waals surface area contributed by atoms with Gasteiger partial charge in [0, 0.05) is 32.7 Å². The van der Waals surface area contributed by atoms with Crippen molar-refractivity contribution in [2.75, 3.05) is 53.0 Å². The maximum absolute atomic E-state index is 11.6. The van der Waals surface area contributed by atoms with E-state index in [9.17, 15) is 4.79 Å². The van der Waals surface area contributed by atoms with Gasteiger partial charge in [-0.3, -0.25) is 4.90 Å². The second-order valence-electron chi connectivity index (χ2n) is 5.41. The third-order valence-electron chi connectivity index (χ3n) is 3.85. The van der Waals surface area contributed by atoms with Gasteiger partial charge in [-0.25, -0.2) is 4.79 Å². The van der Waals surface area contributed by atoms with E-state index in [1.807, 2.05) is 31.2 Å². The van der Waals surface area contributed by atoms with E-state index in [2.05, 4.69) is 4.90 Å². The largest absolute Gasteiger partial charge is 0.497 e. The molecule has 6 heteroatoms. The van der Waals surface area contributed by atoms with Gasteiger partial charge >= 0.3 is 6.09 Å². The number of hydrogen-bond donors (Lipinski definition) is 0.